The van der Waals surface area contributed by atoms with E-state index in [0.717, 1.165) is 19.3 Å². The average Bonchev–Trinajstić information content (AvgIpc) is 2.43. The van der Waals surface area contributed by atoms with Crippen LogP contribution in [-0.4, -0.2) is 46.8 Å². The fourth-order valence-corrected chi connectivity index (χ4v) is 3.16. The summed E-state index contributed by atoms with van der Waals surface area (Å²) in [5, 5.41) is 23.4. The Bertz CT molecular complexity index is 348. The van der Waals surface area contributed by atoms with E-state index in [0.29, 0.717) is 12.0 Å². The lowest BCUT2D eigenvalue weighted by atomic mass is 9.77. The fourth-order valence-electron chi connectivity index (χ4n) is 3.16. The largest absolute Gasteiger partial charge is 0.480 e. The third-order valence-corrected chi connectivity index (χ3v) is 4.26. The lowest BCUT2D eigenvalue weighted by Gasteiger charge is -2.40. The first-order valence-electron chi connectivity index (χ1n) is 7.02. The molecule has 1 saturated carbocycles. The highest BCUT2D eigenvalue weighted by Crippen LogP contribution is 2.32. The van der Waals surface area contributed by atoms with Gasteiger partial charge in [-0.25, -0.2) is 4.79 Å². The maximum Gasteiger partial charge on any atom is 0.328 e. The molecule has 0 radical (unpaired) electrons. The van der Waals surface area contributed by atoms with Crippen LogP contribution in [0, 0.1) is 5.92 Å². The van der Waals surface area contributed by atoms with Gasteiger partial charge in [0.05, 0.1) is 12.6 Å². The summed E-state index contributed by atoms with van der Waals surface area (Å²) in [6, 6.07) is -1.15. The number of piperidine rings is 1. The van der Waals surface area contributed by atoms with E-state index in [4.69, 9.17) is 10.2 Å². The molecule has 1 heterocycles. The number of rotatable bonds is 4. The number of fused-ring (bicyclic) bond motifs is 1. The molecule has 6 nitrogen and oxygen atoms in total. The van der Waals surface area contributed by atoms with E-state index >= 15 is 0 Å². The van der Waals surface area contributed by atoms with Crippen molar-refractivity contribution in [3.63, 3.8) is 0 Å². The summed E-state index contributed by atoms with van der Waals surface area (Å²) in [7, 11) is 0. The summed E-state index contributed by atoms with van der Waals surface area (Å²) in [5.74, 6) is -0.862. The minimum absolute atomic E-state index is 0.314. The van der Waals surface area contributed by atoms with Crippen LogP contribution in [-0.2, 0) is 9.59 Å². The minimum atomic E-state index is -1.21. The second-order valence-corrected chi connectivity index (χ2v) is 5.53. The molecule has 1 amide bonds. The molecule has 1 aliphatic carbocycles. The summed E-state index contributed by atoms with van der Waals surface area (Å²) in [5.41, 5.74) is 0. The van der Waals surface area contributed by atoms with Gasteiger partial charge in [-0.05, 0) is 31.6 Å². The number of hydrogen-bond donors (Lipinski definition) is 4. The molecule has 0 bridgehead atoms. The van der Waals surface area contributed by atoms with E-state index in [-0.39, 0.29) is 11.9 Å². The van der Waals surface area contributed by atoms with Crippen LogP contribution in [0.25, 0.3) is 0 Å². The molecular weight excluding hydrogens is 248 g/mol. The molecule has 1 aliphatic heterocycles. The summed E-state index contributed by atoms with van der Waals surface area (Å²) in [6.45, 7) is -0.583. The Balaban J connectivity index is 1.88. The molecule has 0 aromatic heterocycles. The fraction of sp³-hybridized carbons (Fsp3) is 0.846. The smallest absolute Gasteiger partial charge is 0.328 e. The van der Waals surface area contributed by atoms with Crippen LogP contribution in [0.3, 0.4) is 0 Å². The van der Waals surface area contributed by atoms with Gasteiger partial charge in [-0.1, -0.05) is 12.8 Å². The first-order valence-corrected chi connectivity index (χ1v) is 7.02. The Morgan fingerprint density at radius 1 is 1.21 bits per heavy atom. The Kier molecular flexibility index (Phi) is 4.76. The van der Waals surface area contributed by atoms with Crippen LogP contribution in [0.1, 0.15) is 38.5 Å². The minimum Gasteiger partial charge on any atom is -0.480 e. The highest BCUT2D eigenvalue weighted by atomic mass is 16.4. The number of carboxylic acids is 1. The number of carbonyl (C=O) groups is 2. The molecule has 0 aromatic rings. The van der Waals surface area contributed by atoms with Gasteiger partial charge in [0, 0.05) is 6.04 Å². The predicted molar refractivity (Wildman–Crippen MR) is 68.6 cm³/mol. The van der Waals surface area contributed by atoms with Crippen molar-refractivity contribution in [2.75, 3.05) is 6.61 Å². The number of carbonyl (C=O) groups excluding carboxylic acids is 1. The van der Waals surface area contributed by atoms with Gasteiger partial charge >= 0.3 is 5.97 Å². The molecular formula is C13H22N2O4. The van der Waals surface area contributed by atoms with Crippen molar-refractivity contribution in [1.29, 1.82) is 0 Å². The molecule has 4 atom stereocenters. The van der Waals surface area contributed by atoms with E-state index in [2.05, 4.69) is 10.6 Å². The zero-order chi connectivity index (χ0) is 13.8. The molecule has 0 spiro atoms. The van der Waals surface area contributed by atoms with Gasteiger partial charge in [-0.15, -0.1) is 0 Å². The molecule has 1 saturated heterocycles. The highest BCUT2D eigenvalue weighted by molar-refractivity contribution is 5.87. The van der Waals surface area contributed by atoms with E-state index in [1.807, 2.05) is 0 Å². The molecule has 4 N–H and O–H groups in total. The number of aliphatic hydroxyl groups excluding tert-OH is 1. The number of amides is 1. The number of aliphatic carboxylic acids is 1. The summed E-state index contributed by atoms with van der Waals surface area (Å²) in [6.07, 6.45) is 6.54. The van der Waals surface area contributed by atoms with Gasteiger partial charge in [0.1, 0.15) is 6.04 Å². The van der Waals surface area contributed by atoms with Crippen LogP contribution >= 0.6 is 0 Å². The first kappa shape index (κ1) is 14.3. The second kappa shape index (κ2) is 6.34. The van der Waals surface area contributed by atoms with Crippen molar-refractivity contribution in [3.8, 4) is 0 Å². The van der Waals surface area contributed by atoms with Crippen molar-refractivity contribution < 1.29 is 19.8 Å². The number of aliphatic hydroxyl groups is 1. The van der Waals surface area contributed by atoms with Crippen LogP contribution in [0.15, 0.2) is 0 Å². The number of nitrogens with one attached hydrogen (secondary N) is 2. The number of carboxylic acid groups (broad SMARTS) is 1. The normalized spacial score (nSPS) is 32.2. The van der Waals surface area contributed by atoms with Crippen molar-refractivity contribution in [2.45, 2.75) is 56.7 Å². The van der Waals surface area contributed by atoms with Crippen molar-refractivity contribution in [2.24, 2.45) is 5.92 Å². The Morgan fingerprint density at radius 3 is 2.63 bits per heavy atom. The van der Waals surface area contributed by atoms with Gasteiger partial charge < -0.3 is 20.8 Å². The maximum absolute atomic E-state index is 12.0. The molecule has 4 unspecified atom stereocenters. The maximum atomic E-state index is 12.0. The van der Waals surface area contributed by atoms with E-state index in [9.17, 15) is 9.59 Å². The van der Waals surface area contributed by atoms with Crippen LogP contribution in [0.5, 0.6) is 0 Å². The van der Waals surface area contributed by atoms with Gasteiger partial charge in [0.2, 0.25) is 5.91 Å². The zero-order valence-corrected chi connectivity index (χ0v) is 11.0. The lowest BCUT2D eigenvalue weighted by molar-refractivity contribution is -0.143. The first-order chi connectivity index (χ1) is 9.11. The SMILES string of the molecule is O=C(O)C(CO)NC(=O)C1CCC2CCCCC2N1. The van der Waals surface area contributed by atoms with Crippen molar-refractivity contribution >= 4 is 11.9 Å². The number of hydrogen-bond acceptors (Lipinski definition) is 4. The third kappa shape index (κ3) is 3.45. The Labute approximate surface area is 112 Å². The lowest BCUT2D eigenvalue weighted by Crippen LogP contribution is -2.57. The zero-order valence-electron chi connectivity index (χ0n) is 11.0. The molecule has 2 rings (SSSR count). The molecule has 6 heteroatoms. The summed E-state index contributed by atoms with van der Waals surface area (Å²) >= 11 is 0. The predicted octanol–water partition coefficient (Wildman–Crippen LogP) is -0.141. The third-order valence-electron chi connectivity index (χ3n) is 4.26. The summed E-state index contributed by atoms with van der Waals surface area (Å²) in [4.78, 5) is 22.8. The monoisotopic (exact) mass is 270 g/mol. The standard InChI is InChI=1S/C13H22N2O4/c16-7-11(13(18)19)15-12(17)10-6-5-8-3-1-2-4-9(8)14-10/h8-11,14,16H,1-7H2,(H,15,17)(H,18,19). The second-order valence-electron chi connectivity index (χ2n) is 5.53. The molecule has 2 fully saturated rings. The van der Waals surface area contributed by atoms with Gasteiger partial charge in [-0.3, -0.25) is 4.79 Å². The van der Waals surface area contributed by atoms with Crippen molar-refractivity contribution in [3.05, 3.63) is 0 Å². The quantitative estimate of drug-likeness (QED) is 0.570. The molecule has 19 heavy (non-hydrogen) atoms. The van der Waals surface area contributed by atoms with E-state index in [1.165, 1.54) is 19.3 Å². The van der Waals surface area contributed by atoms with Crippen LogP contribution < -0.4 is 10.6 Å². The van der Waals surface area contributed by atoms with Gasteiger partial charge in [0.25, 0.3) is 0 Å². The van der Waals surface area contributed by atoms with Gasteiger partial charge in [0.15, 0.2) is 0 Å². The van der Waals surface area contributed by atoms with Crippen LogP contribution in [0.2, 0.25) is 0 Å². The summed E-state index contributed by atoms with van der Waals surface area (Å²) < 4.78 is 0. The van der Waals surface area contributed by atoms with Crippen molar-refractivity contribution in [1.82, 2.24) is 10.6 Å². The van der Waals surface area contributed by atoms with E-state index in [1.54, 1.807) is 0 Å². The molecule has 108 valence electrons. The van der Waals surface area contributed by atoms with Gasteiger partial charge in [-0.2, -0.15) is 0 Å². The average molecular weight is 270 g/mol. The Morgan fingerprint density at radius 2 is 1.95 bits per heavy atom. The Hall–Kier alpha value is -1.14. The van der Waals surface area contributed by atoms with E-state index < -0.39 is 18.6 Å². The topological polar surface area (TPSA) is 98.7 Å². The van der Waals surface area contributed by atoms with Crippen LogP contribution in [0.4, 0.5) is 0 Å². The highest BCUT2D eigenvalue weighted by Gasteiger charge is 2.35. The molecule has 2 aliphatic rings. The molecule has 0 aromatic carbocycles.